The van der Waals surface area contributed by atoms with Crippen molar-refractivity contribution in [2.24, 2.45) is 0 Å². The highest BCUT2D eigenvalue weighted by Crippen LogP contribution is 2.30. The first-order valence-electron chi connectivity index (χ1n) is 14.4. The van der Waals surface area contributed by atoms with Gasteiger partial charge in [0.15, 0.2) is 5.13 Å². The van der Waals surface area contributed by atoms with Crippen molar-refractivity contribution in [3.8, 4) is 11.3 Å². The van der Waals surface area contributed by atoms with E-state index < -0.39 is 11.2 Å². The van der Waals surface area contributed by atoms with Crippen LogP contribution in [0.25, 0.3) is 28.1 Å². The largest absolute Gasteiger partial charge is 0.321 e. The molecule has 2 aromatic heterocycles. The molecule has 0 aliphatic rings. The molecule has 0 fully saturated rings. The van der Waals surface area contributed by atoms with E-state index in [-0.39, 0.29) is 17.5 Å². The first-order chi connectivity index (χ1) is 22.4. The fraction of sp³-hybridized carbons (Fsp3) is 0.0556. The van der Waals surface area contributed by atoms with Crippen LogP contribution in [0.1, 0.15) is 22.2 Å². The van der Waals surface area contributed by atoms with Gasteiger partial charge in [0.1, 0.15) is 5.70 Å². The lowest BCUT2D eigenvalue weighted by Crippen LogP contribution is -2.30. The second-order valence-electron chi connectivity index (χ2n) is 10.2. The standard InChI is InChI=1S/C36H28N4O3S3/c1-23(33(41)40-36-39-32(22-45-36)27-17-16-24-9-5-6-12-26(24)19-27)46-30-14-7-13-28(20-30)37-35(43)31(21-29-15-8-18-44-29)38-34(42)25-10-3-2-4-11-25/h2-23H,1H3,(H,37,43)(H,38,42)(H,39,40,41)/b31-21-. The monoisotopic (exact) mass is 660 g/mol. The maximum absolute atomic E-state index is 13.4. The van der Waals surface area contributed by atoms with Gasteiger partial charge in [-0.25, -0.2) is 4.98 Å². The Morgan fingerprint density at radius 3 is 2.41 bits per heavy atom. The fourth-order valence-corrected chi connectivity index (χ4v) is 6.89. The number of anilines is 2. The molecule has 0 saturated heterocycles. The summed E-state index contributed by atoms with van der Waals surface area (Å²) in [6.45, 7) is 1.82. The van der Waals surface area contributed by atoms with Crippen LogP contribution in [0, 0.1) is 0 Å². The number of carbonyl (C=O) groups is 3. The Bertz CT molecular complexity index is 2040. The highest BCUT2D eigenvalue weighted by Gasteiger charge is 2.18. The van der Waals surface area contributed by atoms with Crippen molar-refractivity contribution in [1.82, 2.24) is 10.3 Å². The maximum atomic E-state index is 13.4. The summed E-state index contributed by atoms with van der Waals surface area (Å²) in [5.74, 6) is -1.02. The van der Waals surface area contributed by atoms with Crippen molar-refractivity contribution >= 4 is 79.8 Å². The first-order valence-corrected chi connectivity index (χ1v) is 17.0. The normalized spacial score (nSPS) is 12.0. The molecule has 0 saturated carbocycles. The molecule has 4 aromatic carbocycles. The van der Waals surface area contributed by atoms with Crippen LogP contribution in [-0.4, -0.2) is 28.0 Å². The number of nitrogens with one attached hydrogen (secondary N) is 3. The second-order valence-corrected chi connectivity index (χ2v) is 13.5. The number of rotatable bonds is 10. The third-order valence-electron chi connectivity index (χ3n) is 6.91. The molecule has 228 valence electrons. The summed E-state index contributed by atoms with van der Waals surface area (Å²) in [5, 5.41) is 14.8. The summed E-state index contributed by atoms with van der Waals surface area (Å²) >= 11 is 4.21. The van der Waals surface area contributed by atoms with Crippen molar-refractivity contribution in [1.29, 1.82) is 0 Å². The Morgan fingerprint density at radius 1 is 0.804 bits per heavy atom. The van der Waals surface area contributed by atoms with Crippen molar-refractivity contribution in [3.05, 3.63) is 136 Å². The van der Waals surface area contributed by atoms with Gasteiger partial charge in [0.25, 0.3) is 11.8 Å². The van der Waals surface area contributed by atoms with Crippen LogP contribution >= 0.6 is 34.4 Å². The van der Waals surface area contributed by atoms with Gasteiger partial charge in [-0.3, -0.25) is 14.4 Å². The zero-order valence-corrected chi connectivity index (χ0v) is 27.0. The van der Waals surface area contributed by atoms with E-state index in [2.05, 4.69) is 45.2 Å². The molecule has 6 rings (SSSR count). The molecule has 6 aromatic rings. The number of thioether (sulfide) groups is 1. The minimum absolute atomic E-state index is 0.119. The van der Waals surface area contributed by atoms with E-state index in [4.69, 9.17) is 0 Å². The van der Waals surface area contributed by atoms with Crippen LogP contribution in [0.3, 0.4) is 0 Å². The van der Waals surface area contributed by atoms with Gasteiger partial charge >= 0.3 is 0 Å². The minimum atomic E-state index is -0.461. The Labute approximate surface area is 278 Å². The summed E-state index contributed by atoms with van der Waals surface area (Å²) in [7, 11) is 0. The number of hydrogen-bond acceptors (Lipinski definition) is 7. The van der Waals surface area contributed by atoms with E-state index in [9.17, 15) is 14.4 Å². The number of fused-ring (bicyclic) bond motifs is 1. The summed E-state index contributed by atoms with van der Waals surface area (Å²) in [5.41, 5.74) is 2.90. The van der Waals surface area contributed by atoms with Gasteiger partial charge in [0.2, 0.25) is 5.91 Å². The molecule has 10 heteroatoms. The Morgan fingerprint density at radius 2 is 1.61 bits per heavy atom. The molecule has 3 amide bonds. The van der Waals surface area contributed by atoms with Gasteiger partial charge in [-0.2, -0.15) is 0 Å². The van der Waals surface area contributed by atoms with E-state index in [1.54, 1.807) is 42.5 Å². The number of amides is 3. The smallest absolute Gasteiger partial charge is 0.272 e. The number of nitrogens with zero attached hydrogens (tertiary/aromatic N) is 1. The van der Waals surface area contributed by atoms with Crippen molar-refractivity contribution in [3.63, 3.8) is 0 Å². The molecular weight excluding hydrogens is 633 g/mol. The highest BCUT2D eigenvalue weighted by atomic mass is 32.2. The molecule has 7 nitrogen and oxygen atoms in total. The minimum Gasteiger partial charge on any atom is -0.321 e. The van der Waals surface area contributed by atoms with Gasteiger partial charge in [-0.15, -0.1) is 34.4 Å². The van der Waals surface area contributed by atoms with E-state index in [0.29, 0.717) is 16.4 Å². The number of thiazole rings is 1. The average molecular weight is 661 g/mol. The number of carbonyl (C=O) groups excluding carboxylic acids is 3. The molecule has 3 N–H and O–H groups in total. The number of benzene rings is 4. The zero-order valence-electron chi connectivity index (χ0n) is 24.6. The molecule has 1 atom stereocenters. The summed E-state index contributed by atoms with van der Waals surface area (Å²) in [6.07, 6.45) is 1.65. The van der Waals surface area contributed by atoms with Crippen molar-refractivity contribution < 1.29 is 14.4 Å². The highest BCUT2D eigenvalue weighted by molar-refractivity contribution is 8.00. The fourth-order valence-electron chi connectivity index (χ4n) is 4.58. The van der Waals surface area contributed by atoms with E-state index in [0.717, 1.165) is 31.8 Å². The van der Waals surface area contributed by atoms with Gasteiger partial charge < -0.3 is 16.0 Å². The lowest BCUT2D eigenvalue weighted by molar-refractivity contribution is -0.115. The zero-order chi connectivity index (χ0) is 31.9. The SMILES string of the molecule is CC(Sc1cccc(NC(=O)/C(=C/c2cccs2)NC(=O)c2ccccc2)c1)C(=O)Nc1nc(-c2ccc3ccccc3c2)cs1. The van der Waals surface area contributed by atoms with Crippen LogP contribution < -0.4 is 16.0 Å². The van der Waals surface area contributed by atoms with Crippen LogP contribution in [0.15, 0.2) is 131 Å². The quantitative estimate of drug-likeness (QED) is 0.101. The van der Waals surface area contributed by atoms with E-state index >= 15 is 0 Å². The predicted molar refractivity (Wildman–Crippen MR) is 190 cm³/mol. The van der Waals surface area contributed by atoms with Crippen molar-refractivity contribution in [2.45, 2.75) is 17.1 Å². The summed E-state index contributed by atoms with van der Waals surface area (Å²) in [6, 6.07) is 34.1. The Kier molecular flexibility index (Phi) is 9.68. The maximum Gasteiger partial charge on any atom is 0.272 e. The molecule has 0 aliphatic carbocycles. The van der Waals surface area contributed by atoms with E-state index in [1.165, 1.54) is 34.4 Å². The lowest BCUT2D eigenvalue weighted by Gasteiger charge is -2.13. The Balaban J connectivity index is 1.09. The summed E-state index contributed by atoms with van der Waals surface area (Å²) in [4.78, 5) is 45.6. The predicted octanol–water partition coefficient (Wildman–Crippen LogP) is 8.55. The van der Waals surface area contributed by atoms with Gasteiger partial charge in [0.05, 0.1) is 10.9 Å². The van der Waals surface area contributed by atoms with E-state index in [1.807, 2.05) is 66.2 Å². The molecular formula is C36H28N4O3S3. The molecule has 0 aliphatic heterocycles. The summed E-state index contributed by atoms with van der Waals surface area (Å²) < 4.78 is 0. The lowest BCUT2D eigenvalue weighted by atomic mass is 10.1. The third-order valence-corrected chi connectivity index (χ3v) is 9.58. The van der Waals surface area contributed by atoms with Crippen LogP contribution in [-0.2, 0) is 9.59 Å². The van der Waals surface area contributed by atoms with Gasteiger partial charge in [-0.05, 0) is 71.6 Å². The molecule has 0 bridgehead atoms. The molecule has 0 spiro atoms. The number of aromatic nitrogens is 1. The van der Waals surface area contributed by atoms with Crippen LogP contribution in [0.4, 0.5) is 10.8 Å². The van der Waals surface area contributed by atoms with Crippen molar-refractivity contribution in [2.75, 3.05) is 10.6 Å². The molecule has 1 unspecified atom stereocenters. The first kappa shape index (κ1) is 31.0. The number of hydrogen-bond donors (Lipinski definition) is 3. The molecule has 46 heavy (non-hydrogen) atoms. The number of thiophene rings is 1. The van der Waals surface area contributed by atoms with Gasteiger partial charge in [0, 0.05) is 32.0 Å². The molecule has 0 radical (unpaired) electrons. The van der Waals surface area contributed by atoms with Crippen LogP contribution in [0.2, 0.25) is 0 Å². The topological polar surface area (TPSA) is 100 Å². The molecule has 2 heterocycles. The second kappa shape index (κ2) is 14.4. The van der Waals surface area contributed by atoms with Gasteiger partial charge in [-0.1, -0.05) is 66.7 Å². The average Bonchev–Trinajstić information content (AvgIpc) is 3.77. The van der Waals surface area contributed by atoms with Crippen LogP contribution in [0.5, 0.6) is 0 Å². The third kappa shape index (κ3) is 7.78. The Hall–Kier alpha value is -5.03.